The first-order chi connectivity index (χ1) is 55.5. The first-order valence-electron chi connectivity index (χ1n) is 42.6. The van der Waals surface area contributed by atoms with E-state index in [0.29, 0.717) is 117 Å². The fourth-order valence-electron chi connectivity index (χ4n) is 19.0. The molecule has 14 nitrogen and oxygen atoms in total. The maximum atomic E-state index is 15.6. The van der Waals surface area contributed by atoms with E-state index < -0.39 is 0 Å². The predicted molar refractivity (Wildman–Crippen MR) is 466 cm³/mol. The maximum absolute atomic E-state index is 15.6. The molecule has 0 spiro atoms. The molecule has 16 rings (SSSR count). The highest BCUT2D eigenvalue weighted by molar-refractivity contribution is 7.17. The van der Waals surface area contributed by atoms with Crippen LogP contribution in [0.2, 0.25) is 0 Å². The van der Waals surface area contributed by atoms with E-state index in [9.17, 15) is 0 Å². The average Bonchev–Trinajstić information content (AvgIpc) is 0.784. The normalized spacial score (nSPS) is 15.6. The van der Waals surface area contributed by atoms with Crippen LogP contribution in [0.15, 0.2) is 97.1 Å². The van der Waals surface area contributed by atoms with Crippen LogP contribution in [-0.2, 0) is 0 Å². The Kier molecular flexibility index (Phi) is 22.2. The van der Waals surface area contributed by atoms with Crippen molar-refractivity contribution in [2.45, 2.75) is 198 Å². The number of hydrogen-bond donors (Lipinski definition) is 0. The van der Waals surface area contributed by atoms with Gasteiger partial charge in [-0.05, 0) is 190 Å². The molecule has 16 heteroatoms. The molecule has 0 saturated carbocycles. The summed E-state index contributed by atoms with van der Waals surface area (Å²) in [7, 11) is 0. The van der Waals surface area contributed by atoms with Gasteiger partial charge in [0, 0.05) is 133 Å². The Labute approximate surface area is 675 Å². The highest BCUT2D eigenvalue weighted by Crippen LogP contribution is 2.56. The van der Waals surface area contributed by atoms with Crippen LogP contribution in [0.1, 0.15) is 290 Å². The molecule has 12 aromatic rings. The summed E-state index contributed by atoms with van der Waals surface area (Å²) in [6.45, 7) is 23.4. The third-order valence-electron chi connectivity index (χ3n) is 25.6. The highest BCUT2D eigenvalue weighted by Gasteiger charge is 2.43. The van der Waals surface area contributed by atoms with Gasteiger partial charge in [-0.25, -0.2) is 0 Å². The second kappa shape index (κ2) is 32.4. The lowest BCUT2D eigenvalue weighted by molar-refractivity contribution is 0.0565. The van der Waals surface area contributed by atoms with Crippen molar-refractivity contribution in [1.82, 2.24) is 19.6 Å². The third kappa shape index (κ3) is 13.0. The fourth-order valence-corrected chi connectivity index (χ4v) is 20.9. The number of benzene rings is 10. The number of ether oxygens (including phenoxy) is 2. The van der Waals surface area contributed by atoms with E-state index in [1.807, 2.05) is 72.8 Å². The fraction of sp³-hybridized carbons (Fsp3) is 0.408. The first kappa shape index (κ1) is 78.0. The van der Waals surface area contributed by atoms with Gasteiger partial charge < -0.3 is 9.47 Å². The van der Waals surface area contributed by atoms with E-state index in [1.165, 1.54) is 19.6 Å². The van der Waals surface area contributed by atoms with Gasteiger partial charge in [-0.2, -0.15) is 0 Å². The van der Waals surface area contributed by atoms with E-state index in [2.05, 4.69) is 106 Å². The SMILES string of the molecule is CCCCOc1cc2c3c(ccc4c5c(-c6ccc(/C=C/c7ccc(-c8cc9c%10c(ccc%11c%12c(OCCCC)cc%13c%14c(ccc(c8c%10%11)c%14%12)C(=O)N(CC(CC)CCCC)C%13=O)C(=O)N(CC(CC)CCCC)C9=O)s7)s6)cc6c7c(ccc(c1c34)c75)C(=O)N(CC(CC)CCCC)C6=O)C(=O)N(CC(CC)CCCC)C2=O. The van der Waals surface area contributed by atoms with Crippen LogP contribution in [-0.4, -0.2) is 106 Å². The lowest BCUT2D eigenvalue weighted by Crippen LogP contribution is -2.43. The first-order valence-corrected chi connectivity index (χ1v) is 44.3. The number of carbonyl (C=O) groups excluding carboxylic acids is 8. The van der Waals surface area contributed by atoms with Crippen molar-refractivity contribution < 1.29 is 47.8 Å². The molecule has 0 N–H and O–H groups in total. The zero-order valence-electron chi connectivity index (χ0n) is 67.8. The molecule has 0 bridgehead atoms. The van der Waals surface area contributed by atoms with Crippen LogP contribution in [0.25, 0.3) is 119 Å². The maximum Gasteiger partial charge on any atom is 0.261 e. The predicted octanol–water partition coefficient (Wildman–Crippen LogP) is 25.0. The largest absolute Gasteiger partial charge is 0.493 e. The summed E-state index contributed by atoms with van der Waals surface area (Å²) >= 11 is 3.15. The van der Waals surface area contributed by atoms with Gasteiger partial charge in [0.1, 0.15) is 11.5 Å². The smallest absolute Gasteiger partial charge is 0.261 e. The number of amides is 8. The second-order valence-corrected chi connectivity index (χ2v) is 34.9. The number of thiophene rings is 2. The molecule has 4 aliphatic heterocycles. The molecule has 2 aromatic heterocycles. The van der Waals surface area contributed by atoms with Crippen molar-refractivity contribution in [2.24, 2.45) is 23.7 Å². The summed E-state index contributed by atoms with van der Waals surface area (Å²) in [4.78, 5) is 132. The second-order valence-electron chi connectivity index (χ2n) is 32.6. The zero-order valence-corrected chi connectivity index (χ0v) is 69.4. The number of carbonyl (C=O) groups is 8. The third-order valence-corrected chi connectivity index (χ3v) is 27.8. The van der Waals surface area contributed by atoms with Crippen LogP contribution in [0, 0.1) is 23.7 Å². The number of nitrogens with zero attached hydrogens (tertiary/aromatic N) is 4. The highest BCUT2D eigenvalue weighted by atomic mass is 32.1. The molecule has 0 fully saturated rings. The van der Waals surface area contributed by atoms with Gasteiger partial charge in [0.25, 0.3) is 47.3 Å². The van der Waals surface area contributed by atoms with E-state index in [4.69, 9.17) is 9.47 Å². The Balaban J connectivity index is 0.864. The Bertz CT molecular complexity index is 5580. The van der Waals surface area contributed by atoms with E-state index in [0.717, 1.165) is 224 Å². The van der Waals surface area contributed by atoms with Crippen molar-refractivity contribution in [3.8, 4) is 32.4 Å². The molecule has 4 atom stereocenters. The summed E-state index contributed by atoms with van der Waals surface area (Å²) in [5, 5.41) is 11.5. The van der Waals surface area contributed by atoms with Gasteiger partial charge in [-0.15, -0.1) is 22.7 Å². The van der Waals surface area contributed by atoms with Crippen LogP contribution in [0.4, 0.5) is 0 Å². The Hall–Kier alpha value is -9.90. The topological polar surface area (TPSA) is 168 Å². The van der Waals surface area contributed by atoms with Crippen LogP contribution in [0.5, 0.6) is 11.5 Å². The molecular formula is C98H104N4O10S2. The van der Waals surface area contributed by atoms with E-state index in [1.54, 1.807) is 22.7 Å². The summed E-state index contributed by atoms with van der Waals surface area (Å²) < 4.78 is 13.7. The van der Waals surface area contributed by atoms with Crippen molar-refractivity contribution >= 4 is 168 Å². The number of hydrogen-bond acceptors (Lipinski definition) is 12. The molecule has 0 aliphatic carbocycles. The lowest BCUT2D eigenvalue weighted by Gasteiger charge is -2.33. The molecule has 0 saturated heterocycles. The quantitative estimate of drug-likeness (QED) is 0.0159. The van der Waals surface area contributed by atoms with Gasteiger partial charge in [-0.1, -0.05) is 183 Å². The Morgan fingerprint density at radius 3 is 0.825 bits per heavy atom. The molecule has 588 valence electrons. The molecule has 4 unspecified atom stereocenters. The summed E-state index contributed by atoms with van der Waals surface area (Å²) in [6.07, 6.45) is 22.4. The van der Waals surface area contributed by atoms with Crippen molar-refractivity contribution in [3.63, 3.8) is 0 Å². The minimum Gasteiger partial charge on any atom is -0.493 e. The van der Waals surface area contributed by atoms with E-state index >= 15 is 38.4 Å². The molecule has 114 heavy (non-hydrogen) atoms. The summed E-state index contributed by atoms with van der Waals surface area (Å²) in [5.41, 5.74) is 5.12. The molecule has 6 heterocycles. The van der Waals surface area contributed by atoms with Crippen molar-refractivity contribution in [3.05, 3.63) is 151 Å². The Morgan fingerprint density at radius 1 is 0.281 bits per heavy atom. The van der Waals surface area contributed by atoms with Gasteiger partial charge in [0.05, 0.1) is 24.3 Å². The van der Waals surface area contributed by atoms with Crippen LogP contribution in [0.3, 0.4) is 0 Å². The van der Waals surface area contributed by atoms with Crippen LogP contribution < -0.4 is 9.47 Å². The van der Waals surface area contributed by atoms with Crippen LogP contribution >= 0.6 is 22.7 Å². The zero-order chi connectivity index (χ0) is 79.7. The summed E-state index contributed by atoms with van der Waals surface area (Å²) in [6, 6.07) is 31.5. The minimum atomic E-state index is -0.339. The van der Waals surface area contributed by atoms with Crippen molar-refractivity contribution in [1.29, 1.82) is 0 Å². The monoisotopic (exact) mass is 1560 g/mol. The van der Waals surface area contributed by atoms with Gasteiger partial charge >= 0.3 is 0 Å². The number of fused-ring (bicyclic) bond motifs is 4. The molecule has 8 amide bonds. The molecule has 4 aliphatic rings. The number of unbranched alkanes of at least 4 members (excludes halogenated alkanes) is 6. The lowest BCUT2D eigenvalue weighted by atomic mass is 9.80. The molecule has 0 radical (unpaired) electrons. The average molecular weight is 1560 g/mol. The van der Waals surface area contributed by atoms with Gasteiger partial charge in [0.15, 0.2) is 0 Å². The summed E-state index contributed by atoms with van der Waals surface area (Å²) in [5.74, 6) is -1.05. The number of rotatable bonds is 36. The van der Waals surface area contributed by atoms with E-state index in [-0.39, 0.29) is 70.9 Å². The molecular weight excluding hydrogens is 1460 g/mol. The van der Waals surface area contributed by atoms with Gasteiger partial charge in [-0.3, -0.25) is 58.0 Å². The van der Waals surface area contributed by atoms with Crippen molar-refractivity contribution in [2.75, 3.05) is 39.4 Å². The minimum absolute atomic E-state index is 0.122. The van der Waals surface area contributed by atoms with Gasteiger partial charge in [0.2, 0.25) is 0 Å². The molecule has 10 aromatic carbocycles. The standard InChI is InChI=1S/C98H104N4O10S2/c1-11-21-27-55(17-7)51-99-91(103)65-41-37-63-85-75(111-45-25-15-5)49-73-83-67(93(105)101(97(73)109)53-57(19-9)29-23-13-3)39-35-61(89(83)85)79-69(47-71(95(99)107)81(65)87(63)79)77-43-33-59(113-77)31-32-60-34-44-78(114-60)70-48-72-82-66(92(104)100(96(72)108)52-56(18-8)28-22-12-2)42-38-64-86-76(112-46-26-16-6)50-74-84-68(40-36-62(90(84)86)80(70)88(64)82)94(106)102(98(74)110)54-58(20-10)30-24-14-4/h31-44,47-50,55-58H,11-30,45-46,51-54H2,1-10H3/b32-31+. The Morgan fingerprint density at radius 2 is 0.544 bits per heavy atom. The number of imide groups is 4.